The number of piperidine rings is 1. The van der Waals surface area contributed by atoms with E-state index in [0.717, 1.165) is 55.5 Å². The molecule has 1 amide bonds. The molecule has 58 heavy (non-hydrogen) atoms. The van der Waals surface area contributed by atoms with Crippen LogP contribution in [-0.4, -0.2) is 81.4 Å². The fraction of sp³-hybridized carbons (Fsp3) is 0.311. The molecule has 1 heterocycles. The summed E-state index contributed by atoms with van der Waals surface area (Å²) in [5.74, 6) is -0.0719. The number of carbonyl (C=O) groups is 1. The van der Waals surface area contributed by atoms with Crippen molar-refractivity contribution in [3.05, 3.63) is 149 Å². The number of carbonyl (C=O) groups excluding carboxylic acids is 1. The number of likely N-dealkylation sites (N-methyl/N-ethyl adjacent to an activating group) is 1. The Morgan fingerprint density at radius 2 is 1.52 bits per heavy atom. The van der Waals surface area contributed by atoms with Crippen molar-refractivity contribution in [2.24, 2.45) is 5.14 Å². The molecule has 0 unspecified atom stereocenters. The van der Waals surface area contributed by atoms with Crippen molar-refractivity contribution in [2.45, 2.75) is 54.0 Å². The third-order valence-electron chi connectivity index (χ3n) is 10.6. The van der Waals surface area contributed by atoms with Crippen molar-refractivity contribution < 1.29 is 22.9 Å². The Kier molecular flexibility index (Phi) is 13.4. The van der Waals surface area contributed by atoms with E-state index in [-0.39, 0.29) is 11.3 Å². The molecular formula is C45H51N5O6S2. The summed E-state index contributed by atoms with van der Waals surface area (Å²) in [6, 6.07) is 39.4. The number of nitro benzene ring substituents is 1. The van der Waals surface area contributed by atoms with Gasteiger partial charge >= 0.3 is 0 Å². The Labute approximate surface area is 346 Å². The summed E-state index contributed by atoms with van der Waals surface area (Å²) in [6.07, 6.45) is 2.40. The van der Waals surface area contributed by atoms with Crippen molar-refractivity contribution in [3.63, 3.8) is 0 Å². The minimum atomic E-state index is -4.24. The number of primary sulfonamides is 1. The number of hydrogen-bond donors (Lipinski definition) is 1. The van der Waals surface area contributed by atoms with Crippen LogP contribution in [0.4, 0.5) is 17.1 Å². The molecule has 0 aliphatic carbocycles. The summed E-state index contributed by atoms with van der Waals surface area (Å²) < 4.78 is 31.2. The quantitative estimate of drug-likeness (QED) is 0.0592. The Morgan fingerprint density at radius 3 is 2.14 bits per heavy atom. The first-order valence-corrected chi connectivity index (χ1v) is 21.8. The van der Waals surface area contributed by atoms with Gasteiger partial charge in [-0.1, -0.05) is 72.8 Å². The Bertz CT molecular complexity index is 2300. The number of amides is 1. The second kappa shape index (κ2) is 18.3. The van der Waals surface area contributed by atoms with E-state index in [0.29, 0.717) is 17.9 Å². The van der Waals surface area contributed by atoms with Crippen LogP contribution in [-0.2, 0) is 21.2 Å². The molecule has 5 aromatic carbocycles. The largest absolute Gasteiger partial charge is 0.373 e. The molecule has 11 nitrogen and oxygen atoms in total. The van der Waals surface area contributed by atoms with Gasteiger partial charge in [0.1, 0.15) is 5.69 Å². The van der Waals surface area contributed by atoms with Crippen molar-refractivity contribution in [1.82, 2.24) is 4.90 Å². The topological polar surface area (TPSA) is 139 Å². The first kappa shape index (κ1) is 42.6. The van der Waals surface area contributed by atoms with Crippen LogP contribution in [0.1, 0.15) is 42.6 Å². The predicted octanol–water partition coefficient (Wildman–Crippen LogP) is 8.29. The molecule has 1 saturated heterocycles. The van der Waals surface area contributed by atoms with Gasteiger partial charge in [0.05, 0.1) is 27.6 Å². The smallest absolute Gasteiger partial charge is 0.294 e. The molecule has 1 fully saturated rings. The number of nitrogens with two attached hydrogens (primary N) is 1. The minimum Gasteiger partial charge on any atom is -0.373 e. The number of ether oxygens (including phenoxy) is 1. The first-order valence-electron chi connectivity index (χ1n) is 19.3. The molecule has 5 aromatic rings. The molecular weight excluding hydrogens is 771 g/mol. The summed E-state index contributed by atoms with van der Waals surface area (Å²) in [4.78, 5) is 32.7. The maximum atomic E-state index is 14.6. The monoisotopic (exact) mass is 821 g/mol. The molecule has 13 heteroatoms. The predicted molar refractivity (Wildman–Crippen MR) is 233 cm³/mol. The number of anilines is 2. The summed E-state index contributed by atoms with van der Waals surface area (Å²) in [7, 11) is -0.146. The van der Waals surface area contributed by atoms with Crippen LogP contribution in [0.15, 0.2) is 137 Å². The van der Waals surface area contributed by atoms with Gasteiger partial charge in [-0.15, -0.1) is 11.8 Å². The number of thioether (sulfide) groups is 1. The standard InChI is InChI=1S/C45H51N5O6S2/c1-44(2,33-57-38-16-9-6-10-17-38)49(41-24-23-39(58(46,54)55)31-42(41)50(52)53)43(51)35-19-21-37(22-20-35)48-27-25-45(26-28-48,56-30-29-47(3)4)32-36-15-11-12-18-40(36)34-13-7-5-8-14-34/h5-24,31H,25-30,32-33H2,1-4H3,(H2,46,54,55). The van der Waals surface area contributed by atoms with Crippen LogP contribution in [0.25, 0.3) is 11.1 Å². The second-order valence-corrected chi connectivity index (χ2v) is 18.2. The summed E-state index contributed by atoms with van der Waals surface area (Å²) in [5, 5.41) is 17.8. The van der Waals surface area contributed by atoms with E-state index in [1.807, 2.05) is 76.5 Å². The average Bonchev–Trinajstić information content (AvgIpc) is 3.21. The first-order chi connectivity index (χ1) is 27.7. The van der Waals surface area contributed by atoms with Crippen molar-refractivity contribution >= 4 is 44.8 Å². The molecule has 0 aromatic heterocycles. The zero-order chi connectivity index (χ0) is 41.5. The molecule has 1 aliphatic heterocycles. The van der Waals surface area contributed by atoms with Gasteiger partial charge in [0.15, 0.2) is 0 Å². The molecule has 304 valence electrons. The lowest BCUT2D eigenvalue weighted by atomic mass is 9.82. The summed E-state index contributed by atoms with van der Waals surface area (Å²) in [5.41, 5.74) is 3.05. The van der Waals surface area contributed by atoms with Crippen molar-refractivity contribution in [2.75, 3.05) is 55.9 Å². The Morgan fingerprint density at radius 1 is 0.897 bits per heavy atom. The summed E-state index contributed by atoms with van der Waals surface area (Å²) >= 11 is 1.51. The number of hydrogen-bond acceptors (Lipinski definition) is 9. The average molecular weight is 822 g/mol. The lowest BCUT2D eigenvalue weighted by Crippen LogP contribution is -2.50. The van der Waals surface area contributed by atoms with Crippen LogP contribution in [0.2, 0.25) is 0 Å². The molecule has 0 radical (unpaired) electrons. The lowest BCUT2D eigenvalue weighted by molar-refractivity contribution is -0.384. The Hall–Kier alpha value is -5.05. The van der Waals surface area contributed by atoms with Gasteiger partial charge in [-0.2, -0.15) is 0 Å². The zero-order valence-electron chi connectivity index (χ0n) is 33.4. The van der Waals surface area contributed by atoms with Gasteiger partial charge < -0.3 is 14.5 Å². The van der Waals surface area contributed by atoms with Gasteiger partial charge in [0, 0.05) is 54.0 Å². The van der Waals surface area contributed by atoms with Gasteiger partial charge in [0.25, 0.3) is 11.6 Å². The highest BCUT2D eigenvalue weighted by molar-refractivity contribution is 7.99. The van der Waals surface area contributed by atoms with E-state index in [9.17, 15) is 23.3 Å². The van der Waals surface area contributed by atoms with E-state index >= 15 is 0 Å². The second-order valence-electron chi connectivity index (χ2n) is 15.6. The van der Waals surface area contributed by atoms with E-state index in [4.69, 9.17) is 9.88 Å². The van der Waals surface area contributed by atoms with Crippen LogP contribution in [0.3, 0.4) is 0 Å². The highest BCUT2D eigenvalue weighted by Crippen LogP contribution is 2.39. The van der Waals surface area contributed by atoms with Gasteiger partial charge in [-0.3, -0.25) is 19.8 Å². The highest BCUT2D eigenvalue weighted by atomic mass is 32.2. The molecule has 6 rings (SSSR count). The zero-order valence-corrected chi connectivity index (χ0v) is 35.0. The fourth-order valence-corrected chi connectivity index (χ4v) is 8.95. The normalized spacial score (nSPS) is 14.3. The Balaban J connectivity index is 1.25. The van der Waals surface area contributed by atoms with Crippen LogP contribution < -0.4 is 14.9 Å². The van der Waals surface area contributed by atoms with Gasteiger partial charge in [-0.25, -0.2) is 13.6 Å². The maximum absolute atomic E-state index is 14.6. The number of sulfonamides is 1. The highest BCUT2D eigenvalue weighted by Gasteiger charge is 2.39. The third kappa shape index (κ3) is 10.3. The van der Waals surface area contributed by atoms with Gasteiger partial charge in [-0.05, 0) is 106 Å². The van der Waals surface area contributed by atoms with Crippen LogP contribution >= 0.6 is 11.8 Å². The number of nitro groups is 1. The molecule has 2 N–H and O–H groups in total. The van der Waals surface area contributed by atoms with Crippen molar-refractivity contribution in [1.29, 1.82) is 0 Å². The van der Waals surface area contributed by atoms with E-state index in [1.165, 1.54) is 45.5 Å². The van der Waals surface area contributed by atoms with Gasteiger partial charge in [0.2, 0.25) is 10.0 Å². The van der Waals surface area contributed by atoms with E-state index in [1.54, 1.807) is 12.1 Å². The molecule has 0 spiro atoms. The van der Waals surface area contributed by atoms with Crippen LogP contribution in [0, 0.1) is 10.1 Å². The minimum absolute atomic E-state index is 0.0272. The maximum Gasteiger partial charge on any atom is 0.294 e. The van der Waals surface area contributed by atoms with E-state index in [2.05, 4.69) is 58.3 Å². The van der Waals surface area contributed by atoms with Crippen molar-refractivity contribution in [3.8, 4) is 11.1 Å². The van der Waals surface area contributed by atoms with E-state index < -0.39 is 37.0 Å². The summed E-state index contributed by atoms with van der Waals surface area (Å²) in [6.45, 7) is 6.62. The third-order valence-corrected chi connectivity index (χ3v) is 12.9. The number of benzene rings is 5. The molecule has 0 bridgehead atoms. The molecule has 0 saturated carbocycles. The SMILES string of the molecule is CN(C)CCOC1(Cc2ccccc2-c2ccccc2)CCN(c2ccc(C(=O)N(c3ccc(S(N)(=O)=O)cc3[N+](=O)[O-])C(C)(C)CSc3ccccc3)cc2)CC1. The fourth-order valence-electron chi connectivity index (χ4n) is 7.42. The molecule has 1 aliphatic rings. The number of rotatable bonds is 16. The number of nitrogens with zero attached hydrogens (tertiary/aromatic N) is 4. The molecule has 0 atom stereocenters. The lowest BCUT2D eigenvalue weighted by Gasteiger charge is -2.43. The van der Waals surface area contributed by atoms with Crippen LogP contribution in [0.5, 0.6) is 0 Å².